The number of nitrogens with one attached hydrogen (secondary N) is 1. The van der Waals surface area contributed by atoms with Gasteiger partial charge in [0.1, 0.15) is 11.6 Å². The largest absolute Gasteiger partial charge is 0.378 e. The van der Waals surface area contributed by atoms with Crippen LogP contribution in [0.2, 0.25) is 0 Å². The van der Waals surface area contributed by atoms with E-state index in [-0.39, 0.29) is 0 Å². The van der Waals surface area contributed by atoms with Crippen LogP contribution in [0.1, 0.15) is 11.3 Å². The molecule has 10 nitrogen and oxygen atoms in total. The number of fused-ring (bicyclic) bond motifs is 2. The van der Waals surface area contributed by atoms with Gasteiger partial charge in [-0.25, -0.2) is 9.97 Å². The smallest absolute Gasteiger partial charge is 0.158 e. The maximum Gasteiger partial charge on any atom is 0.158 e. The van der Waals surface area contributed by atoms with Gasteiger partial charge < -0.3 is 24.3 Å². The summed E-state index contributed by atoms with van der Waals surface area (Å²) in [5.74, 6) is 1.97. The van der Waals surface area contributed by atoms with E-state index in [9.17, 15) is 0 Å². The molecule has 5 aromatic rings. The summed E-state index contributed by atoms with van der Waals surface area (Å²) in [5, 5.41) is 6.11. The molecule has 6 heterocycles. The number of benzene rings is 1. The molecule has 1 aromatic carbocycles. The SMILES string of the molecule is C(=NCc1cc(N2CCOCC2)n2nc(-c3ccc(N4CCOCC4)nc3)cc2n1)c1c[nH]c2ccccc12. The first-order valence-corrected chi connectivity index (χ1v) is 13.4. The average Bonchev–Trinajstić information content (AvgIpc) is 3.62. The summed E-state index contributed by atoms with van der Waals surface area (Å²) in [6.45, 7) is 6.67. The predicted octanol–water partition coefficient (Wildman–Crippen LogP) is 3.56. The zero-order chi connectivity index (χ0) is 26.0. The van der Waals surface area contributed by atoms with Crippen LogP contribution >= 0.6 is 0 Å². The molecule has 39 heavy (non-hydrogen) atoms. The van der Waals surface area contributed by atoms with Gasteiger partial charge in [0.25, 0.3) is 0 Å². The van der Waals surface area contributed by atoms with Crippen molar-refractivity contribution in [1.82, 2.24) is 24.6 Å². The van der Waals surface area contributed by atoms with Gasteiger partial charge in [-0.15, -0.1) is 0 Å². The number of nitrogens with zero attached hydrogens (tertiary/aromatic N) is 7. The molecule has 2 aliphatic rings. The molecule has 2 fully saturated rings. The Morgan fingerprint density at radius 3 is 2.51 bits per heavy atom. The van der Waals surface area contributed by atoms with Crippen molar-refractivity contribution in [2.75, 3.05) is 62.4 Å². The van der Waals surface area contributed by atoms with Crippen LogP contribution in [-0.4, -0.2) is 83.4 Å². The number of aromatic nitrogens is 5. The van der Waals surface area contributed by atoms with Crippen LogP contribution in [0.3, 0.4) is 0 Å². The fourth-order valence-electron chi connectivity index (χ4n) is 5.20. The van der Waals surface area contributed by atoms with Crippen molar-refractivity contribution >= 4 is 34.4 Å². The van der Waals surface area contributed by atoms with E-state index in [2.05, 4.69) is 45.1 Å². The zero-order valence-corrected chi connectivity index (χ0v) is 21.7. The number of morpholine rings is 2. The van der Waals surface area contributed by atoms with Crippen LogP contribution in [-0.2, 0) is 16.0 Å². The topological polar surface area (TPSA) is 96.2 Å². The highest BCUT2D eigenvalue weighted by Crippen LogP contribution is 2.26. The average molecular weight is 523 g/mol. The normalized spacial score (nSPS) is 16.6. The molecule has 0 unspecified atom stereocenters. The Bertz CT molecular complexity index is 1610. The number of rotatable bonds is 6. The minimum absolute atomic E-state index is 0.476. The molecule has 0 radical (unpaired) electrons. The van der Waals surface area contributed by atoms with Crippen molar-refractivity contribution in [1.29, 1.82) is 0 Å². The zero-order valence-electron chi connectivity index (χ0n) is 21.7. The highest BCUT2D eigenvalue weighted by molar-refractivity contribution is 5.98. The lowest BCUT2D eigenvalue weighted by atomic mass is 10.2. The van der Waals surface area contributed by atoms with Crippen LogP contribution in [0.15, 0.2) is 65.9 Å². The Kier molecular flexibility index (Phi) is 6.39. The summed E-state index contributed by atoms with van der Waals surface area (Å²) in [6, 6.07) is 16.5. The highest BCUT2D eigenvalue weighted by Gasteiger charge is 2.19. The second-order valence-corrected chi connectivity index (χ2v) is 9.77. The Labute approximate surface area is 225 Å². The summed E-state index contributed by atoms with van der Waals surface area (Å²) in [5.41, 5.74) is 5.67. The van der Waals surface area contributed by atoms with Crippen molar-refractivity contribution in [3.8, 4) is 11.3 Å². The van der Waals surface area contributed by atoms with Gasteiger partial charge in [0.2, 0.25) is 0 Å². The quantitative estimate of drug-likeness (QED) is 0.341. The van der Waals surface area contributed by atoms with E-state index in [0.29, 0.717) is 19.8 Å². The van der Waals surface area contributed by atoms with Crippen molar-refractivity contribution in [3.63, 3.8) is 0 Å². The van der Waals surface area contributed by atoms with Crippen LogP contribution in [0.4, 0.5) is 11.6 Å². The van der Waals surface area contributed by atoms with E-state index >= 15 is 0 Å². The first kappa shape index (κ1) is 23.8. The summed E-state index contributed by atoms with van der Waals surface area (Å²) >= 11 is 0. The van der Waals surface area contributed by atoms with E-state index in [1.165, 1.54) is 0 Å². The molecule has 0 spiro atoms. The number of para-hydroxylation sites is 1. The van der Waals surface area contributed by atoms with Crippen molar-refractivity contribution in [2.24, 2.45) is 4.99 Å². The fraction of sp³-hybridized carbons (Fsp3) is 0.310. The van der Waals surface area contributed by atoms with Crippen LogP contribution < -0.4 is 9.80 Å². The molecule has 10 heteroatoms. The molecule has 0 bridgehead atoms. The van der Waals surface area contributed by atoms with Gasteiger partial charge in [0, 0.05) is 78.9 Å². The van der Waals surface area contributed by atoms with E-state index in [4.69, 9.17) is 29.5 Å². The molecule has 198 valence electrons. The summed E-state index contributed by atoms with van der Waals surface area (Å²) < 4.78 is 13.0. The molecule has 0 amide bonds. The number of aliphatic imine (C=N–C) groups is 1. The summed E-state index contributed by atoms with van der Waals surface area (Å²) in [4.78, 5) is 22.2. The third-order valence-corrected chi connectivity index (χ3v) is 7.28. The number of hydrogen-bond donors (Lipinski definition) is 1. The number of ether oxygens (including phenoxy) is 2. The van der Waals surface area contributed by atoms with Gasteiger partial charge in [-0.05, 0) is 18.2 Å². The number of aromatic amines is 1. The molecule has 0 atom stereocenters. The molecule has 0 aliphatic carbocycles. The number of hydrogen-bond acceptors (Lipinski definition) is 8. The van der Waals surface area contributed by atoms with Crippen molar-refractivity contribution in [3.05, 3.63) is 72.2 Å². The second-order valence-electron chi connectivity index (χ2n) is 9.77. The van der Waals surface area contributed by atoms with Gasteiger partial charge in [0.05, 0.1) is 44.4 Å². The Balaban J connectivity index is 1.19. The number of pyridine rings is 1. The Morgan fingerprint density at radius 1 is 0.923 bits per heavy atom. The summed E-state index contributed by atoms with van der Waals surface area (Å²) in [6.07, 6.45) is 5.81. The van der Waals surface area contributed by atoms with Gasteiger partial charge in [-0.3, -0.25) is 4.99 Å². The fourth-order valence-corrected chi connectivity index (χ4v) is 5.20. The molecule has 2 saturated heterocycles. The lowest BCUT2D eigenvalue weighted by molar-refractivity contribution is 0.122. The van der Waals surface area contributed by atoms with Crippen LogP contribution in [0, 0.1) is 0 Å². The van der Waals surface area contributed by atoms with E-state index in [1.54, 1.807) is 0 Å². The lowest BCUT2D eigenvalue weighted by Gasteiger charge is -2.29. The molecule has 4 aromatic heterocycles. The van der Waals surface area contributed by atoms with Crippen molar-refractivity contribution in [2.45, 2.75) is 6.54 Å². The molecular formula is C29H30N8O2. The Morgan fingerprint density at radius 2 is 1.72 bits per heavy atom. The van der Waals surface area contributed by atoms with Gasteiger partial charge in [0.15, 0.2) is 5.65 Å². The molecule has 1 N–H and O–H groups in total. The maximum atomic E-state index is 5.61. The van der Waals surface area contributed by atoms with Crippen LogP contribution in [0.5, 0.6) is 0 Å². The first-order chi connectivity index (χ1) is 19.3. The predicted molar refractivity (Wildman–Crippen MR) is 152 cm³/mol. The van der Waals surface area contributed by atoms with Gasteiger partial charge in [-0.2, -0.15) is 9.61 Å². The van der Waals surface area contributed by atoms with E-state index in [0.717, 1.165) is 90.1 Å². The maximum absolute atomic E-state index is 5.61. The molecular weight excluding hydrogens is 492 g/mol. The van der Waals surface area contributed by atoms with Crippen molar-refractivity contribution < 1.29 is 9.47 Å². The second kappa shape index (κ2) is 10.5. The first-order valence-electron chi connectivity index (χ1n) is 13.4. The van der Waals surface area contributed by atoms with E-state index in [1.807, 2.05) is 41.3 Å². The minimum atomic E-state index is 0.476. The third kappa shape index (κ3) is 4.84. The van der Waals surface area contributed by atoms with Gasteiger partial charge in [-0.1, -0.05) is 18.2 Å². The monoisotopic (exact) mass is 522 g/mol. The Hall–Kier alpha value is -4.28. The van der Waals surface area contributed by atoms with Gasteiger partial charge >= 0.3 is 0 Å². The lowest BCUT2D eigenvalue weighted by Crippen LogP contribution is -2.37. The molecule has 0 saturated carbocycles. The standard InChI is InChI=1S/C29H30N8O2/c1-2-4-25-24(3-1)22(19-31-25)17-30-20-23-15-29(36-9-13-39-14-10-36)37-28(33-23)16-26(34-37)21-5-6-27(32-18-21)35-7-11-38-12-8-35/h1-6,15-19,31H,7-14,20H2. The van der Waals surface area contributed by atoms with Crippen LogP contribution in [0.25, 0.3) is 27.8 Å². The number of anilines is 2. The molecule has 2 aliphatic heterocycles. The number of H-pyrrole nitrogens is 1. The highest BCUT2D eigenvalue weighted by atomic mass is 16.5. The third-order valence-electron chi connectivity index (χ3n) is 7.28. The van der Waals surface area contributed by atoms with E-state index < -0.39 is 0 Å². The summed E-state index contributed by atoms with van der Waals surface area (Å²) in [7, 11) is 0. The molecule has 7 rings (SSSR count). The minimum Gasteiger partial charge on any atom is -0.378 e.